The number of ether oxygens (including phenoxy) is 1. The van der Waals surface area contributed by atoms with Crippen molar-refractivity contribution in [1.82, 2.24) is 15.8 Å². The van der Waals surface area contributed by atoms with Crippen molar-refractivity contribution < 1.29 is 14.3 Å². The fourth-order valence-electron chi connectivity index (χ4n) is 1.60. The standard InChI is InChI=1S/C15H13BrClN3O3/c1-9(23-12-4-2-3-11(16)7-12)14(21)19-20-15(22)10-5-6-13(17)18-8-10/h2-9H,1H3,(H,19,21)(H,20,22)/t9-/m1/s1. The molecule has 0 saturated heterocycles. The molecule has 0 bridgehead atoms. The summed E-state index contributed by atoms with van der Waals surface area (Å²) in [6.45, 7) is 1.58. The molecule has 0 radical (unpaired) electrons. The Hall–Kier alpha value is -2.12. The van der Waals surface area contributed by atoms with Crippen molar-refractivity contribution in [2.45, 2.75) is 13.0 Å². The molecule has 1 aromatic carbocycles. The quantitative estimate of drug-likeness (QED) is 0.613. The van der Waals surface area contributed by atoms with Gasteiger partial charge in [-0.15, -0.1) is 0 Å². The number of pyridine rings is 1. The van der Waals surface area contributed by atoms with Crippen LogP contribution in [0, 0.1) is 0 Å². The Morgan fingerprint density at radius 1 is 1.26 bits per heavy atom. The summed E-state index contributed by atoms with van der Waals surface area (Å²) in [6.07, 6.45) is 0.526. The van der Waals surface area contributed by atoms with Crippen LogP contribution in [0.25, 0.3) is 0 Å². The van der Waals surface area contributed by atoms with Crippen LogP contribution >= 0.6 is 27.5 Å². The van der Waals surface area contributed by atoms with Crippen LogP contribution in [0.1, 0.15) is 17.3 Å². The van der Waals surface area contributed by atoms with E-state index in [0.29, 0.717) is 5.75 Å². The molecular weight excluding hydrogens is 386 g/mol. The molecule has 0 aliphatic carbocycles. The second-order valence-electron chi connectivity index (χ2n) is 4.53. The van der Waals surface area contributed by atoms with Gasteiger partial charge in [-0.25, -0.2) is 4.98 Å². The Kier molecular flexibility index (Phi) is 5.95. The fraction of sp³-hybridized carbons (Fsp3) is 0.133. The molecule has 0 unspecified atom stereocenters. The number of rotatable bonds is 4. The van der Waals surface area contributed by atoms with E-state index in [0.717, 1.165) is 4.47 Å². The maximum Gasteiger partial charge on any atom is 0.279 e. The Bertz CT molecular complexity index is 709. The number of halogens is 2. The van der Waals surface area contributed by atoms with Crippen LogP contribution in [0.2, 0.25) is 5.15 Å². The van der Waals surface area contributed by atoms with Crippen molar-refractivity contribution in [1.29, 1.82) is 0 Å². The Balaban J connectivity index is 1.86. The van der Waals surface area contributed by atoms with E-state index >= 15 is 0 Å². The van der Waals surface area contributed by atoms with Crippen LogP contribution in [0.3, 0.4) is 0 Å². The molecule has 0 fully saturated rings. The molecule has 2 N–H and O–H groups in total. The number of benzene rings is 1. The minimum atomic E-state index is -0.784. The van der Waals surface area contributed by atoms with Gasteiger partial charge in [0.1, 0.15) is 10.9 Å². The zero-order valence-corrected chi connectivity index (χ0v) is 14.4. The van der Waals surface area contributed by atoms with Crippen LogP contribution in [-0.4, -0.2) is 22.9 Å². The average Bonchev–Trinajstić information content (AvgIpc) is 2.53. The second kappa shape index (κ2) is 7.94. The molecule has 0 aliphatic heterocycles. The lowest BCUT2D eigenvalue weighted by Gasteiger charge is -2.15. The zero-order chi connectivity index (χ0) is 16.8. The largest absolute Gasteiger partial charge is 0.481 e. The fourth-order valence-corrected chi connectivity index (χ4v) is 2.09. The van der Waals surface area contributed by atoms with Gasteiger partial charge in [-0.1, -0.05) is 33.6 Å². The highest BCUT2D eigenvalue weighted by atomic mass is 79.9. The van der Waals surface area contributed by atoms with Gasteiger partial charge in [0.05, 0.1) is 5.56 Å². The van der Waals surface area contributed by atoms with Gasteiger partial charge in [-0.05, 0) is 37.3 Å². The van der Waals surface area contributed by atoms with E-state index in [1.807, 2.05) is 6.07 Å². The zero-order valence-electron chi connectivity index (χ0n) is 12.0. The molecule has 2 rings (SSSR count). The van der Waals surface area contributed by atoms with E-state index in [4.69, 9.17) is 16.3 Å². The maximum atomic E-state index is 11.9. The van der Waals surface area contributed by atoms with Crippen LogP contribution < -0.4 is 15.6 Å². The smallest absolute Gasteiger partial charge is 0.279 e. The number of nitrogens with one attached hydrogen (secondary N) is 2. The predicted octanol–water partition coefficient (Wildman–Crippen LogP) is 2.73. The van der Waals surface area contributed by atoms with Gasteiger partial charge in [-0.2, -0.15) is 0 Å². The topological polar surface area (TPSA) is 80.3 Å². The SMILES string of the molecule is C[C@@H](Oc1cccc(Br)c1)C(=O)NNC(=O)c1ccc(Cl)nc1. The van der Waals surface area contributed by atoms with Crippen LogP contribution in [0.15, 0.2) is 47.1 Å². The van der Waals surface area contributed by atoms with Crippen LogP contribution in [0.4, 0.5) is 0 Å². The van der Waals surface area contributed by atoms with E-state index in [1.54, 1.807) is 25.1 Å². The number of hydrogen-bond acceptors (Lipinski definition) is 4. The molecule has 8 heteroatoms. The minimum Gasteiger partial charge on any atom is -0.481 e. The van der Waals surface area contributed by atoms with Crippen LogP contribution in [0.5, 0.6) is 5.75 Å². The Morgan fingerprint density at radius 3 is 2.70 bits per heavy atom. The molecule has 1 aromatic heterocycles. The lowest BCUT2D eigenvalue weighted by molar-refractivity contribution is -0.128. The summed E-state index contributed by atoms with van der Waals surface area (Å²) >= 11 is 8.96. The maximum absolute atomic E-state index is 11.9. The number of amides is 2. The molecule has 1 heterocycles. The molecule has 0 spiro atoms. The average molecular weight is 399 g/mol. The third kappa shape index (κ3) is 5.22. The lowest BCUT2D eigenvalue weighted by Crippen LogP contribution is -2.47. The van der Waals surface area contributed by atoms with E-state index < -0.39 is 17.9 Å². The first-order valence-corrected chi connectivity index (χ1v) is 7.77. The molecule has 120 valence electrons. The van der Waals surface area contributed by atoms with Crippen molar-refractivity contribution in [3.63, 3.8) is 0 Å². The molecular formula is C15H13BrClN3O3. The normalized spacial score (nSPS) is 11.4. The molecule has 6 nitrogen and oxygen atoms in total. The van der Waals surface area contributed by atoms with Gasteiger partial charge in [0.2, 0.25) is 0 Å². The Labute approximate surface area is 146 Å². The number of carbonyl (C=O) groups excluding carboxylic acids is 2. The van der Waals surface area contributed by atoms with Crippen molar-refractivity contribution in [2.24, 2.45) is 0 Å². The highest BCUT2D eigenvalue weighted by Gasteiger charge is 2.16. The van der Waals surface area contributed by atoms with E-state index in [9.17, 15) is 9.59 Å². The highest BCUT2D eigenvalue weighted by molar-refractivity contribution is 9.10. The number of aromatic nitrogens is 1. The van der Waals surface area contributed by atoms with Gasteiger partial charge < -0.3 is 4.74 Å². The summed E-state index contributed by atoms with van der Waals surface area (Å²) in [6, 6.07) is 10.1. The predicted molar refractivity (Wildman–Crippen MR) is 89.1 cm³/mol. The second-order valence-corrected chi connectivity index (χ2v) is 5.83. The Morgan fingerprint density at radius 2 is 2.04 bits per heavy atom. The third-order valence-electron chi connectivity index (χ3n) is 2.77. The summed E-state index contributed by atoms with van der Waals surface area (Å²) in [5, 5.41) is 0.279. The number of hydrazine groups is 1. The molecule has 23 heavy (non-hydrogen) atoms. The molecule has 2 aromatic rings. The summed E-state index contributed by atoms with van der Waals surface area (Å²) in [7, 11) is 0. The number of nitrogens with zero attached hydrogens (tertiary/aromatic N) is 1. The van der Waals surface area contributed by atoms with Gasteiger partial charge >= 0.3 is 0 Å². The van der Waals surface area contributed by atoms with Crippen molar-refractivity contribution in [3.05, 3.63) is 57.8 Å². The molecule has 1 atom stereocenters. The van der Waals surface area contributed by atoms with E-state index in [1.165, 1.54) is 18.3 Å². The van der Waals surface area contributed by atoms with Gasteiger partial charge in [0.25, 0.3) is 11.8 Å². The molecule has 0 saturated carbocycles. The van der Waals surface area contributed by atoms with Crippen molar-refractivity contribution >= 4 is 39.3 Å². The summed E-state index contributed by atoms with van der Waals surface area (Å²) < 4.78 is 6.33. The van der Waals surface area contributed by atoms with Crippen molar-refractivity contribution in [2.75, 3.05) is 0 Å². The number of hydrogen-bond donors (Lipinski definition) is 2. The molecule has 0 aliphatic rings. The third-order valence-corrected chi connectivity index (χ3v) is 3.48. The monoisotopic (exact) mass is 397 g/mol. The number of carbonyl (C=O) groups is 2. The minimum absolute atomic E-state index is 0.273. The van der Waals surface area contributed by atoms with Crippen molar-refractivity contribution in [3.8, 4) is 5.75 Å². The molecule has 2 amide bonds. The first-order valence-electron chi connectivity index (χ1n) is 6.59. The first kappa shape index (κ1) is 17.2. The summed E-state index contributed by atoms with van der Waals surface area (Å²) in [5.74, 6) is -0.451. The van der Waals surface area contributed by atoms with Gasteiger partial charge in [-0.3, -0.25) is 20.4 Å². The first-order chi connectivity index (χ1) is 11.0. The van der Waals surface area contributed by atoms with Gasteiger partial charge in [0.15, 0.2) is 6.10 Å². The van der Waals surface area contributed by atoms with Crippen LogP contribution in [-0.2, 0) is 4.79 Å². The summed E-state index contributed by atoms with van der Waals surface area (Å²) in [5.41, 5.74) is 4.85. The van der Waals surface area contributed by atoms with E-state index in [-0.39, 0.29) is 10.7 Å². The summed E-state index contributed by atoms with van der Waals surface area (Å²) in [4.78, 5) is 27.5. The highest BCUT2D eigenvalue weighted by Crippen LogP contribution is 2.18. The lowest BCUT2D eigenvalue weighted by atomic mass is 10.3. The van der Waals surface area contributed by atoms with Gasteiger partial charge in [0, 0.05) is 10.7 Å². The van der Waals surface area contributed by atoms with E-state index in [2.05, 4.69) is 31.8 Å².